The Kier molecular flexibility index (Phi) is 28.5. The molecule has 4 atom stereocenters. The number of rotatable bonds is 4. The van der Waals surface area contributed by atoms with E-state index in [4.69, 9.17) is 0 Å². The van der Waals surface area contributed by atoms with E-state index in [1.165, 1.54) is 113 Å². The van der Waals surface area contributed by atoms with Gasteiger partial charge in [-0.1, -0.05) is 200 Å². The maximum Gasteiger partial charge on any atom is -0.147 e. The van der Waals surface area contributed by atoms with Crippen LogP contribution in [0.25, 0.3) is 22.3 Å². The second kappa shape index (κ2) is 30.6. The van der Waals surface area contributed by atoms with Gasteiger partial charge in [-0.05, 0) is 0 Å². The molecule has 4 aromatic rings. The molecule has 0 nitrogen and oxygen atoms in total. The molecule has 0 bridgehead atoms. The van der Waals surface area contributed by atoms with Gasteiger partial charge in [0.25, 0.3) is 0 Å². The molecular weight excluding hydrogens is 1160 g/mol. The van der Waals surface area contributed by atoms with Gasteiger partial charge < -0.3 is 0 Å². The van der Waals surface area contributed by atoms with Crippen molar-refractivity contribution in [3.63, 3.8) is 0 Å². The molecule has 62 heavy (non-hydrogen) atoms. The molecule has 0 aliphatic heterocycles. The molecule has 0 saturated carbocycles. The Labute approximate surface area is 419 Å². The van der Waals surface area contributed by atoms with Crippen molar-refractivity contribution in [2.24, 2.45) is 23.7 Å². The molecular formula is C56H66Cl2Hf2Si2. The largest absolute Gasteiger partial charge is 0.147 e. The molecule has 4 unspecified atom stereocenters. The molecule has 0 radical (unpaired) electrons. The molecule has 320 valence electrons. The average molecular weight is 1220 g/mol. The van der Waals surface area contributed by atoms with Crippen LogP contribution >= 0.6 is 24.8 Å². The van der Waals surface area contributed by atoms with Crippen molar-refractivity contribution in [3.8, 4) is 0 Å². The predicted octanol–water partition coefficient (Wildman–Crippen LogP) is 16.3. The van der Waals surface area contributed by atoms with Crippen LogP contribution in [0.15, 0.2) is 168 Å². The van der Waals surface area contributed by atoms with Crippen molar-refractivity contribution in [2.75, 3.05) is 0 Å². The Hall–Kier alpha value is -2.45. The SMILES string of the molecule is CC1=[C-]C(C)C=C1c1ccccc1.CC1=[C-]C(C)C=C1c1ccccc1.CC1=[C-]C(C)C=C1c1ccccc1.CC1=[C-]C(C)C=C1c1ccccc1.C[Si](C)=[Hf+2].C[Si](C)=[Hf+2].Cl.Cl. The van der Waals surface area contributed by atoms with Gasteiger partial charge in [0.05, 0.1) is 0 Å². The molecule has 8 rings (SSSR count). The Bertz CT molecular complexity index is 1940. The third kappa shape index (κ3) is 21.0. The van der Waals surface area contributed by atoms with E-state index in [9.17, 15) is 0 Å². The first-order chi connectivity index (χ1) is 28.5. The average Bonchev–Trinajstić information content (AvgIpc) is 3.96. The molecule has 0 spiro atoms. The van der Waals surface area contributed by atoms with Gasteiger partial charge in [0.2, 0.25) is 0 Å². The molecule has 0 heterocycles. The normalized spacial score (nSPS) is 18.7. The van der Waals surface area contributed by atoms with Crippen molar-refractivity contribution < 1.29 is 46.0 Å². The van der Waals surface area contributed by atoms with Gasteiger partial charge in [0.1, 0.15) is 0 Å². The quantitative estimate of drug-likeness (QED) is 0.141. The summed E-state index contributed by atoms with van der Waals surface area (Å²) in [4.78, 5) is 0. The number of halogens is 2. The molecule has 4 aliphatic rings. The zero-order valence-electron chi connectivity index (χ0n) is 39.0. The van der Waals surface area contributed by atoms with Crippen LogP contribution in [0.3, 0.4) is 0 Å². The van der Waals surface area contributed by atoms with Crippen LogP contribution in [-0.4, -0.2) is 11.0 Å². The summed E-state index contributed by atoms with van der Waals surface area (Å²) in [6.07, 6.45) is 22.6. The number of hydrogen-bond acceptors (Lipinski definition) is 0. The molecule has 6 heteroatoms. The van der Waals surface area contributed by atoms with Gasteiger partial charge in [-0.2, -0.15) is 46.6 Å². The van der Waals surface area contributed by atoms with Crippen LogP contribution in [0.1, 0.15) is 77.6 Å². The van der Waals surface area contributed by atoms with Crippen LogP contribution in [0, 0.1) is 48.0 Å². The van der Waals surface area contributed by atoms with E-state index < -0.39 is 0 Å². The standard InChI is InChI=1S/4C13H13.2C2H6Si.2ClH.2Hf/c4*1-10-8-11(2)13(9-10)12-6-4-3-5-7-12;2*1-3-2;;;;/h4*3-7,9-10H,1-2H3;2*1-2H3;2*1H;;/q4*-1;;;;;2*+2. The minimum atomic E-state index is 0. The number of hydrogen-bond donors (Lipinski definition) is 0. The van der Waals surface area contributed by atoms with E-state index in [2.05, 4.69) is 227 Å². The molecule has 0 fully saturated rings. The van der Waals surface area contributed by atoms with Crippen LogP contribution in [0.4, 0.5) is 0 Å². The fourth-order valence-corrected chi connectivity index (χ4v) is 7.07. The maximum atomic E-state index is 3.39. The van der Waals surface area contributed by atoms with Crippen LogP contribution in [0.5, 0.6) is 0 Å². The maximum absolute atomic E-state index is 3.39. The van der Waals surface area contributed by atoms with E-state index in [1.54, 1.807) is 0 Å². The fourth-order valence-electron chi connectivity index (χ4n) is 7.07. The second-order valence-corrected chi connectivity index (χ2v) is 41.6. The zero-order valence-corrected chi connectivity index (χ0v) is 49.8. The third-order valence-corrected chi connectivity index (χ3v) is 9.40. The van der Waals surface area contributed by atoms with Gasteiger partial charge >= 0.3 is 83.2 Å². The summed E-state index contributed by atoms with van der Waals surface area (Å²) in [5.41, 5.74) is 16.2. The smallest absolute Gasteiger partial charge is 0.147 e. The van der Waals surface area contributed by atoms with E-state index in [0.29, 0.717) is 23.7 Å². The van der Waals surface area contributed by atoms with Gasteiger partial charge in [-0.25, -0.2) is 22.3 Å². The van der Waals surface area contributed by atoms with Crippen molar-refractivity contribution in [1.82, 2.24) is 0 Å². The third-order valence-electron chi connectivity index (χ3n) is 9.40. The molecule has 0 amide bonds. The molecule has 4 aromatic carbocycles. The van der Waals surface area contributed by atoms with Crippen molar-refractivity contribution in [1.29, 1.82) is 0 Å². The summed E-state index contributed by atoms with van der Waals surface area (Å²) in [6, 6.07) is 42.0. The minimum absolute atomic E-state index is 0. The molecule has 0 N–H and O–H groups in total. The summed E-state index contributed by atoms with van der Waals surface area (Å²) in [5.74, 6) is 1.87. The topological polar surface area (TPSA) is 0 Å². The van der Waals surface area contributed by atoms with E-state index in [1.807, 2.05) is 24.3 Å². The van der Waals surface area contributed by atoms with E-state index in [-0.39, 0.29) is 35.8 Å². The first-order valence-electron chi connectivity index (χ1n) is 21.1. The minimum Gasteiger partial charge on any atom is -0.147 e. The van der Waals surface area contributed by atoms with Crippen LogP contribution < -0.4 is 0 Å². The summed E-state index contributed by atoms with van der Waals surface area (Å²) < 4.78 is 0. The first kappa shape index (κ1) is 57.6. The van der Waals surface area contributed by atoms with Gasteiger partial charge in [0, 0.05) is 0 Å². The molecule has 0 saturated heterocycles. The Morgan fingerprint density at radius 2 is 0.484 bits per heavy atom. The molecule has 0 aromatic heterocycles. The monoisotopic (exact) mass is 1220 g/mol. The predicted molar refractivity (Wildman–Crippen MR) is 274 cm³/mol. The molecule has 4 aliphatic carbocycles. The van der Waals surface area contributed by atoms with Crippen molar-refractivity contribution in [3.05, 3.63) is 214 Å². The van der Waals surface area contributed by atoms with Gasteiger partial charge in [-0.15, -0.1) is 47.1 Å². The Balaban J connectivity index is 0.000000386. The number of benzene rings is 4. The Morgan fingerprint density at radius 3 is 0.597 bits per heavy atom. The Morgan fingerprint density at radius 1 is 0.339 bits per heavy atom. The summed E-state index contributed by atoms with van der Waals surface area (Å²) in [5, 5.41) is 0. The van der Waals surface area contributed by atoms with Crippen LogP contribution in [-0.2, 0) is 46.0 Å². The summed E-state index contributed by atoms with van der Waals surface area (Å²) in [7, 11) is 0. The zero-order chi connectivity index (χ0) is 44.2. The van der Waals surface area contributed by atoms with Crippen LogP contribution in [0.2, 0.25) is 26.2 Å². The van der Waals surface area contributed by atoms with Crippen molar-refractivity contribution >= 4 is 58.1 Å². The summed E-state index contributed by atoms with van der Waals surface area (Å²) >= 11 is 2.90. The van der Waals surface area contributed by atoms with Gasteiger partial charge in [-0.3, -0.25) is 24.3 Å². The van der Waals surface area contributed by atoms with Crippen molar-refractivity contribution in [2.45, 2.75) is 81.6 Å². The van der Waals surface area contributed by atoms with E-state index >= 15 is 0 Å². The number of allylic oxidation sites excluding steroid dienone is 16. The fraction of sp³-hybridized carbons (Fsp3) is 0.286. The first-order valence-corrected chi connectivity index (χ1v) is 36.9. The van der Waals surface area contributed by atoms with E-state index in [0.717, 1.165) is 0 Å². The summed E-state index contributed by atoms with van der Waals surface area (Å²) in [6.45, 7) is 26.5. The van der Waals surface area contributed by atoms with Gasteiger partial charge in [0.15, 0.2) is 0 Å². The second-order valence-electron chi connectivity index (χ2n) is 16.0.